The third-order valence-corrected chi connectivity index (χ3v) is 7.34. The minimum atomic E-state index is -3.62. The van der Waals surface area contributed by atoms with Crippen molar-refractivity contribution in [1.82, 2.24) is 14.5 Å². The van der Waals surface area contributed by atoms with E-state index in [9.17, 15) is 18.0 Å². The second-order valence-corrected chi connectivity index (χ2v) is 9.80. The van der Waals surface area contributed by atoms with E-state index >= 15 is 0 Å². The highest BCUT2D eigenvalue weighted by molar-refractivity contribution is 7.89. The minimum absolute atomic E-state index is 0.113. The predicted octanol–water partition coefficient (Wildman–Crippen LogP) is 1.03. The van der Waals surface area contributed by atoms with Crippen LogP contribution in [0.4, 0.5) is 0 Å². The lowest BCUT2D eigenvalue weighted by Crippen LogP contribution is -2.62. The Balaban J connectivity index is 1.35. The Hall–Kier alpha value is -2.75. The molecular formula is C22H25N3O5S. The number of hydrogen-bond acceptors (Lipinski definition) is 5. The number of nitrogens with one attached hydrogen (secondary N) is 1. The van der Waals surface area contributed by atoms with Gasteiger partial charge >= 0.3 is 0 Å². The first kappa shape index (κ1) is 21.5. The molecule has 1 N–H and O–H groups in total. The van der Waals surface area contributed by atoms with Crippen molar-refractivity contribution in [2.45, 2.75) is 24.0 Å². The van der Waals surface area contributed by atoms with Gasteiger partial charge in [-0.3, -0.25) is 9.59 Å². The van der Waals surface area contributed by atoms with E-state index in [0.717, 1.165) is 5.56 Å². The Bertz CT molecular complexity index is 1040. The van der Waals surface area contributed by atoms with Crippen LogP contribution in [0.1, 0.15) is 15.9 Å². The van der Waals surface area contributed by atoms with Crippen molar-refractivity contribution >= 4 is 21.8 Å². The molecule has 2 aliphatic rings. The molecule has 9 heteroatoms. The SMILES string of the molecule is Cc1ccc(S(=O)(=O)N2C[C@H]3CN(C(=O)CNC(=O)c4ccccc4)C[C@@H](C2)O3)cc1. The summed E-state index contributed by atoms with van der Waals surface area (Å²) in [6, 6.07) is 15.5. The topological polar surface area (TPSA) is 96.0 Å². The summed E-state index contributed by atoms with van der Waals surface area (Å²) < 4.78 is 33.3. The van der Waals surface area contributed by atoms with E-state index in [4.69, 9.17) is 4.74 Å². The monoisotopic (exact) mass is 443 g/mol. The summed E-state index contributed by atoms with van der Waals surface area (Å²) >= 11 is 0. The van der Waals surface area contributed by atoms with Crippen molar-refractivity contribution in [2.24, 2.45) is 0 Å². The van der Waals surface area contributed by atoms with Gasteiger partial charge in [0.15, 0.2) is 0 Å². The van der Waals surface area contributed by atoms with Crippen LogP contribution in [0.25, 0.3) is 0 Å². The van der Waals surface area contributed by atoms with Gasteiger partial charge in [-0.1, -0.05) is 35.9 Å². The van der Waals surface area contributed by atoms with Gasteiger partial charge in [0, 0.05) is 31.7 Å². The second-order valence-electron chi connectivity index (χ2n) is 7.86. The molecule has 0 spiro atoms. The molecule has 2 saturated heterocycles. The van der Waals surface area contributed by atoms with Gasteiger partial charge in [0.1, 0.15) is 0 Å². The molecule has 0 aliphatic carbocycles. The highest BCUT2D eigenvalue weighted by Crippen LogP contribution is 2.25. The highest BCUT2D eigenvalue weighted by atomic mass is 32.2. The van der Waals surface area contributed by atoms with Crippen LogP contribution >= 0.6 is 0 Å². The standard InChI is InChI=1S/C22H25N3O5S/c1-16-7-9-20(10-8-16)31(28,29)25-14-18-12-24(13-19(15-25)30-18)21(26)11-23-22(27)17-5-3-2-4-6-17/h2-10,18-19H,11-15H2,1H3,(H,23,27)/t18-,19+. The summed E-state index contributed by atoms with van der Waals surface area (Å²) in [5.41, 5.74) is 1.48. The third kappa shape index (κ3) is 4.79. The molecule has 2 aromatic rings. The van der Waals surface area contributed by atoms with E-state index in [1.165, 1.54) is 4.31 Å². The average Bonchev–Trinajstić information content (AvgIpc) is 2.77. The quantitative estimate of drug-likeness (QED) is 0.745. The van der Waals surface area contributed by atoms with E-state index in [-0.39, 0.29) is 49.4 Å². The van der Waals surface area contributed by atoms with Crippen molar-refractivity contribution in [1.29, 1.82) is 0 Å². The summed E-state index contributed by atoms with van der Waals surface area (Å²) in [4.78, 5) is 26.7. The lowest BCUT2D eigenvalue weighted by Gasteiger charge is -2.45. The van der Waals surface area contributed by atoms with E-state index in [1.54, 1.807) is 53.4 Å². The van der Waals surface area contributed by atoms with E-state index in [0.29, 0.717) is 5.56 Å². The van der Waals surface area contributed by atoms with Crippen LogP contribution in [0.5, 0.6) is 0 Å². The Morgan fingerprint density at radius 2 is 1.58 bits per heavy atom. The van der Waals surface area contributed by atoms with Crippen LogP contribution in [-0.2, 0) is 19.6 Å². The van der Waals surface area contributed by atoms with Gasteiger partial charge in [-0.15, -0.1) is 0 Å². The Kier molecular flexibility index (Phi) is 6.08. The molecule has 4 rings (SSSR count). The maximum Gasteiger partial charge on any atom is 0.251 e. The maximum absolute atomic E-state index is 13.0. The molecule has 0 aromatic heterocycles. The summed E-state index contributed by atoms with van der Waals surface area (Å²) in [7, 11) is -3.62. The number of rotatable bonds is 5. The fraction of sp³-hybridized carbons (Fsp3) is 0.364. The van der Waals surface area contributed by atoms with E-state index in [2.05, 4.69) is 5.32 Å². The number of benzene rings is 2. The number of aryl methyl sites for hydroxylation is 1. The second kappa shape index (κ2) is 8.78. The van der Waals surface area contributed by atoms with E-state index < -0.39 is 22.2 Å². The third-order valence-electron chi connectivity index (χ3n) is 5.50. The number of amides is 2. The lowest BCUT2D eigenvalue weighted by molar-refractivity contribution is -0.153. The predicted molar refractivity (Wildman–Crippen MR) is 114 cm³/mol. The first-order chi connectivity index (χ1) is 14.8. The van der Waals surface area contributed by atoms with Crippen LogP contribution in [0.15, 0.2) is 59.5 Å². The zero-order valence-corrected chi connectivity index (χ0v) is 18.0. The number of carbonyl (C=O) groups excluding carboxylic acids is 2. The number of fused-ring (bicyclic) bond motifs is 2. The smallest absolute Gasteiger partial charge is 0.251 e. The molecule has 2 bridgehead atoms. The van der Waals surface area contributed by atoms with Gasteiger partial charge in [0.2, 0.25) is 15.9 Å². The summed E-state index contributed by atoms with van der Waals surface area (Å²) in [6.07, 6.45) is -0.803. The molecule has 2 fully saturated rings. The Morgan fingerprint density at radius 1 is 0.968 bits per heavy atom. The number of nitrogens with zero attached hydrogens (tertiary/aromatic N) is 2. The number of morpholine rings is 2. The van der Waals surface area contributed by atoms with Crippen LogP contribution in [0, 0.1) is 6.92 Å². The molecule has 2 atom stereocenters. The summed E-state index contributed by atoms with van der Waals surface area (Å²) in [5, 5.41) is 2.64. The number of sulfonamides is 1. The molecule has 2 aliphatic heterocycles. The molecule has 31 heavy (non-hydrogen) atoms. The number of carbonyl (C=O) groups is 2. The number of ether oxygens (including phenoxy) is 1. The minimum Gasteiger partial charge on any atom is -0.369 e. The molecule has 0 unspecified atom stereocenters. The first-order valence-electron chi connectivity index (χ1n) is 10.2. The molecule has 2 aromatic carbocycles. The van der Waals surface area contributed by atoms with Crippen LogP contribution in [0.2, 0.25) is 0 Å². The Labute approximate surface area is 181 Å². The van der Waals surface area contributed by atoms with Crippen LogP contribution in [0.3, 0.4) is 0 Å². The number of hydrogen-bond donors (Lipinski definition) is 1. The summed E-state index contributed by atoms with van der Waals surface area (Å²) in [5.74, 6) is -0.518. The molecule has 164 valence electrons. The largest absolute Gasteiger partial charge is 0.369 e. The van der Waals surface area contributed by atoms with Gasteiger partial charge < -0.3 is 15.0 Å². The molecule has 0 radical (unpaired) electrons. The van der Waals surface area contributed by atoms with Gasteiger partial charge in [-0.2, -0.15) is 4.31 Å². The molecule has 8 nitrogen and oxygen atoms in total. The fourth-order valence-electron chi connectivity index (χ4n) is 3.87. The molecule has 2 heterocycles. The van der Waals surface area contributed by atoms with Gasteiger partial charge in [-0.25, -0.2) is 8.42 Å². The molecule has 2 amide bonds. The maximum atomic E-state index is 13.0. The summed E-state index contributed by atoms with van der Waals surface area (Å²) in [6.45, 7) is 2.74. The molecular weight excluding hydrogens is 418 g/mol. The Morgan fingerprint density at radius 3 is 2.19 bits per heavy atom. The highest BCUT2D eigenvalue weighted by Gasteiger charge is 2.41. The van der Waals surface area contributed by atoms with Crippen molar-refractivity contribution in [2.75, 3.05) is 32.7 Å². The van der Waals surface area contributed by atoms with Gasteiger partial charge in [-0.05, 0) is 31.2 Å². The van der Waals surface area contributed by atoms with Crippen LogP contribution in [-0.4, -0.2) is 74.4 Å². The first-order valence-corrected chi connectivity index (χ1v) is 11.6. The van der Waals surface area contributed by atoms with Crippen LogP contribution < -0.4 is 5.32 Å². The zero-order valence-electron chi connectivity index (χ0n) is 17.2. The normalized spacial score (nSPS) is 21.5. The van der Waals surface area contributed by atoms with Crippen molar-refractivity contribution in [3.63, 3.8) is 0 Å². The zero-order chi connectivity index (χ0) is 22.0. The fourth-order valence-corrected chi connectivity index (χ4v) is 5.38. The van der Waals surface area contributed by atoms with E-state index in [1.807, 2.05) is 13.0 Å². The van der Waals surface area contributed by atoms with Gasteiger partial charge in [0.05, 0.1) is 23.6 Å². The lowest BCUT2D eigenvalue weighted by atomic mass is 10.1. The van der Waals surface area contributed by atoms with Crippen molar-refractivity contribution < 1.29 is 22.7 Å². The van der Waals surface area contributed by atoms with Crippen molar-refractivity contribution in [3.8, 4) is 0 Å². The van der Waals surface area contributed by atoms with Crippen molar-refractivity contribution in [3.05, 3.63) is 65.7 Å². The molecule has 0 saturated carbocycles. The van der Waals surface area contributed by atoms with Gasteiger partial charge in [0.25, 0.3) is 5.91 Å². The average molecular weight is 444 g/mol.